The molecule has 3 rings (SSSR count). The fourth-order valence-electron chi connectivity index (χ4n) is 2.27. The van der Waals surface area contributed by atoms with Crippen LogP contribution in [0.1, 0.15) is 17.9 Å². The number of rotatable bonds is 7. The molecule has 1 amide bonds. The average molecular weight is 337 g/mol. The zero-order valence-electron chi connectivity index (χ0n) is 13.7. The van der Waals surface area contributed by atoms with Gasteiger partial charge in [0, 0.05) is 18.5 Å². The van der Waals surface area contributed by atoms with Gasteiger partial charge in [-0.15, -0.1) is 0 Å². The molecule has 1 aromatic heterocycles. The Morgan fingerprint density at radius 1 is 1.04 bits per heavy atom. The fourth-order valence-corrected chi connectivity index (χ4v) is 2.27. The van der Waals surface area contributed by atoms with Crippen molar-refractivity contribution in [2.45, 2.75) is 19.4 Å². The summed E-state index contributed by atoms with van der Waals surface area (Å²) in [6.07, 6.45) is 0.856. The highest BCUT2D eigenvalue weighted by Gasteiger charge is 2.08. The van der Waals surface area contributed by atoms with Gasteiger partial charge in [0.25, 0.3) is 0 Å². The Morgan fingerprint density at radius 3 is 2.52 bits per heavy atom. The lowest BCUT2D eigenvalue weighted by molar-refractivity contribution is 0.139. The number of hydrogen-bond acceptors (Lipinski definition) is 5. The first kappa shape index (κ1) is 16.7. The van der Waals surface area contributed by atoms with E-state index in [9.17, 15) is 4.79 Å². The molecule has 0 saturated heterocycles. The number of benzene rings is 2. The molecule has 1 N–H and O–H groups in total. The van der Waals surface area contributed by atoms with Crippen molar-refractivity contribution >= 4 is 6.09 Å². The van der Waals surface area contributed by atoms with E-state index in [0.717, 1.165) is 11.1 Å². The average Bonchev–Trinajstić information content (AvgIpc) is 3.14. The quantitative estimate of drug-likeness (QED) is 0.667. The highest BCUT2D eigenvalue weighted by molar-refractivity contribution is 5.67. The van der Waals surface area contributed by atoms with Crippen LogP contribution in [0, 0.1) is 0 Å². The Bertz CT molecular complexity index is 788. The van der Waals surface area contributed by atoms with E-state index in [-0.39, 0.29) is 6.61 Å². The van der Waals surface area contributed by atoms with E-state index >= 15 is 0 Å². The number of carbonyl (C=O) groups is 1. The fraction of sp³-hybridized carbons (Fsp3) is 0.211. The molecular formula is C19H19N3O3. The van der Waals surface area contributed by atoms with E-state index in [4.69, 9.17) is 9.26 Å². The van der Waals surface area contributed by atoms with Gasteiger partial charge < -0.3 is 14.6 Å². The van der Waals surface area contributed by atoms with E-state index < -0.39 is 6.09 Å². The highest BCUT2D eigenvalue weighted by atomic mass is 16.5. The number of amides is 1. The molecule has 128 valence electrons. The molecule has 0 aliphatic heterocycles. The largest absolute Gasteiger partial charge is 0.445 e. The van der Waals surface area contributed by atoms with Crippen LogP contribution in [-0.2, 0) is 17.8 Å². The Kier molecular flexibility index (Phi) is 5.77. The number of carbonyl (C=O) groups excluding carboxylic acids is 1. The number of aromatic nitrogens is 2. The Morgan fingerprint density at radius 2 is 1.76 bits per heavy atom. The van der Waals surface area contributed by atoms with Crippen molar-refractivity contribution in [2.24, 2.45) is 0 Å². The van der Waals surface area contributed by atoms with Gasteiger partial charge in [0.15, 0.2) is 0 Å². The van der Waals surface area contributed by atoms with Crippen LogP contribution in [0.15, 0.2) is 65.2 Å². The second-order valence-electron chi connectivity index (χ2n) is 5.47. The molecule has 6 nitrogen and oxygen atoms in total. The predicted octanol–water partition coefficient (Wildman–Crippen LogP) is 3.60. The molecule has 1 heterocycles. The third kappa shape index (κ3) is 5.17. The molecule has 6 heteroatoms. The first-order valence-corrected chi connectivity index (χ1v) is 8.14. The molecule has 0 unspecified atom stereocenters. The second kappa shape index (κ2) is 8.63. The summed E-state index contributed by atoms with van der Waals surface area (Å²) in [5.41, 5.74) is 1.87. The molecule has 0 aliphatic carbocycles. The molecule has 0 fully saturated rings. The number of hydrogen-bond donors (Lipinski definition) is 1. The summed E-state index contributed by atoms with van der Waals surface area (Å²) in [4.78, 5) is 16.0. The second-order valence-corrected chi connectivity index (χ2v) is 5.47. The van der Waals surface area contributed by atoms with Crippen molar-refractivity contribution in [3.05, 3.63) is 72.1 Å². The maximum atomic E-state index is 11.6. The summed E-state index contributed by atoms with van der Waals surface area (Å²) in [7, 11) is 0. The molecule has 25 heavy (non-hydrogen) atoms. The molecule has 3 aromatic rings. The van der Waals surface area contributed by atoms with E-state index in [0.29, 0.717) is 31.1 Å². The molecule has 0 spiro atoms. The van der Waals surface area contributed by atoms with Gasteiger partial charge in [-0.1, -0.05) is 65.8 Å². The smallest absolute Gasteiger partial charge is 0.407 e. The van der Waals surface area contributed by atoms with Crippen LogP contribution >= 0.6 is 0 Å². The van der Waals surface area contributed by atoms with E-state index in [1.165, 1.54) is 0 Å². The summed E-state index contributed by atoms with van der Waals surface area (Å²) in [6.45, 7) is 0.743. The lowest BCUT2D eigenvalue weighted by atomic mass is 10.2. The van der Waals surface area contributed by atoms with Crippen LogP contribution in [0.5, 0.6) is 0 Å². The SMILES string of the molecule is O=C(NCCCc1nc(-c2ccccc2)no1)OCc1ccccc1. The molecule has 0 saturated carbocycles. The topological polar surface area (TPSA) is 77.3 Å². The lowest BCUT2D eigenvalue weighted by Crippen LogP contribution is -2.25. The number of nitrogens with one attached hydrogen (secondary N) is 1. The van der Waals surface area contributed by atoms with Crippen molar-refractivity contribution in [1.29, 1.82) is 0 Å². The number of aryl methyl sites for hydroxylation is 1. The Hall–Kier alpha value is -3.15. The molecule has 2 aromatic carbocycles. The maximum Gasteiger partial charge on any atom is 0.407 e. The minimum atomic E-state index is -0.431. The lowest BCUT2D eigenvalue weighted by Gasteiger charge is -2.06. The van der Waals surface area contributed by atoms with Crippen molar-refractivity contribution in [2.75, 3.05) is 6.54 Å². The van der Waals surface area contributed by atoms with Gasteiger partial charge in [0.05, 0.1) is 0 Å². The molecule has 0 atom stereocenters. The summed E-state index contributed by atoms with van der Waals surface area (Å²) in [5, 5.41) is 6.68. The van der Waals surface area contributed by atoms with Crippen molar-refractivity contribution in [3.63, 3.8) is 0 Å². The van der Waals surface area contributed by atoms with E-state index in [1.807, 2.05) is 60.7 Å². The minimum absolute atomic E-state index is 0.261. The van der Waals surface area contributed by atoms with Gasteiger partial charge in [-0.3, -0.25) is 0 Å². The maximum absolute atomic E-state index is 11.6. The van der Waals surface area contributed by atoms with Gasteiger partial charge in [-0.2, -0.15) is 4.98 Å². The Balaban J connectivity index is 1.36. The summed E-state index contributed by atoms with van der Waals surface area (Å²) in [6, 6.07) is 19.2. The van der Waals surface area contributed by atoms with Gasteiger partial charge in [-0.05, 0) is 12.0 Å². The highest BCUT2D eigenvalue weighted by Crippen LogP contribution is 2.15. The molecule has 0 radical (unpaired) electrons. The molecular weight excluding hydrogens is 318 g/mol. The summed E-state index contributed by atoms with van der Waals surface area (Å²) < 4.78 is 10.4. The zero-order valence-corrected chi connectivity index (χ0v) is 13.7. The first-order valence-electron chi connectivity index (χ1n) is 8.14. The monoisotopic (exact) mass is 337 g/mol. The van der Waals surface area contributed by atoms with Crippen LogP contribution in [-0.4, -0.2) is 22.8 Å². The van der Waals surface area contributed by atoms with Gasteiger partial charge in [0.1, 0.15) is 6.61 Å². The van der Waals surface area contributed by atoms with Gasteiger partial charge in [0.2, 0.25) is 11.7 Å². The normalized spacial score (nSPS) is 10.4. The zero-order chi connectivity index (χ0) is 17.3. The van der Waals surface area contributed by atoms with Crippen LogP contribution in [0.4, 0.5) is 4.79 Å². The minimum Gasteiger partial charge on any atom is -0.445 e. The van der Waals surface area contributed by atoms with Crippen molar-refractivity contribution in [3.8, 4) is 11.4 Å². The molecule has 0 bridgehead atoms. The standard InChI is InChI=1S/C19H19N3O3/c23-19(24-14-15-8-3-1-4-9-15)20-13-7-12-17-21-18(22-25-17)16-10-5-2-6-11-16/h1-6,8-11H,7,12-14H2,(H,20,23). The summed E-state index contributed by atoms with van der Waals surface area (Å²) in [5.74, 6) is 1.13. The van der Waals surface area contributed by atoms with Gasteiger partial charge in [-0.25, -0.2) is 4.79 Å². The molecule has 0 aliphatic rings. The third-order valence-electron chi connectivity index (χ3n) is 3.55. The van der Waals surface area contributed by atoms with Crippen LogP contribution in [0.25, 0.3) is 11.4 Å². The number of nitrogens with zero attached hydrogens (tertiary/aromatic N) is 2. The van der Waals surface area contributed by atoms with E-state index in [1.54, 1.807) is 0 Å². The number of alkyl carbamates (subject to hydrolysis) is 1. The van der Waals surface area contributed by atoms with E-state index in [2.05, 4.69) is 15.5 Å². The predicted molar refractivity (Wildman–Crippen MR) is 92.7 cm³/mol. The van der Waals surface area contributed by atoms with Crippen LogP contribution in [0.2, 0.25) is 0 Å². The van der Waals surface area contributed by atoms with Gasteiger partial charge >= 0.3 is 6.09 Å². The van der Waals surface area contributed by atoms with Crippen molar-refractivity contribution < 1.29 is 14.1 Å². The van der Waals surface area contributed by atoms with Crippen molar-refractivity contribution in [1.82, 2.24) is 15.5 Å². The third-order valence-corrected chi connectivity index (χ3v) is 3.55. The van der Waals surface area contributed by atoms with Crippen LogP contribution in [0.3, 0.4) is 0 Å². The first-order chi connectivity index (χ1) is 12.3. The Labute approximate surface area is 145 Å². The number of ether oxygens (including phenoxy) is 1. The summed E-state index contributed by atoms with van der Waals surface area (Å²) >= 11 is 0. The van der Waals surface area contributed by atoms with Crippen LogP contribution < -0.4 is 5.32 Å².